The van der Waals surface area contributed by atoms with Crippen molar-refractivity contribution in [2.45, 2.75) is 38.8 Å². The minimum absolute atomic E-state index is 0.166. The zero-order valence-electron chi connectivity index (χ0n) is 11.8. The average Bonchev–Trinajstić information content (AvgIpc) is 2.40. The SMILES string of the molecule is CC(C)Oc1cccc(C(NN)C2CCOCC2)c1. The summed E-state index contributed by atoms with van der Waals surface area (Å²) in [5.41, 5.74) is 4.15. The van der Waals surface area contributed by atoms with E-state index in [1.165, 1.54) is 5.56 Å². The Kier molecular flexibility index (Phi) is 5.19. The molecule has 1 atom stereocenters. The molecule has 1 unspecified atom stereocenters. The first-order valence-electron chi connectivity index (χ1n) is 7.01. The van der Waals surface area contributed by atoms with Crippen molar-refractivity contribution in [1.82, 2.24) is 5.43 Å². The number of nitrogens with two attached hydrogens (primary N) is 1. The lowest BCUT2D eigenvalue weighted by Crippen LogP contribution is -2.36. The fourth-order valence-corrected chi connectivity index (χ4v) is 2.61. The van der Waals surface area contributed by atoms with Gasteiger partial charge in [-0.2, -0.15) is 0 Å². The summed E-state index contributed by atoms with van der Waals surface area (Å²) in [4.78, 5) is 0. The summed E-state index contributed by atoms with van der Waals surface area (Å²) in [6, 6.07) is 8.37. The monoisotopic (exact) mass is 264 g/mol. The van der Waals surface area contributed by atoms with Gasteiger partial charge >= 0.3 is 0 Å². The van der Waals surface area contributed by atoms with Crippen molar-refractivity contribution in [2.24, 2.45) is 11.8 Å². The third kappa shape index (κ3) is 3.93. The highest BCUT2D eigenvalue weighted by molar-refractivity contribution is 5.31. The van der Waals surface area contributed by atoms with Crippen LogP contribution >= 0.6 is 0 Å². The molecule has 2 rings (SSSR count). The first-order chi connectivity index (χ1) is 9.20. The van der Waals surface area contributed by atoms with Gasteiger partial charge in [0.15, 0.2) is 0 Å². The highest BCUT2D eigenvalue weighted by Crippen LogP contribution is 2.31. The van der Waals surface area contributed by atoms with Gasteiger partial charge in [-0.05, 0) is 50.3 Å². The molecule has 0 spiro atoms. The van der Waals surface area contributed by atoms with Crippen LogP contribution in [0, 0.1) is 5.92 Å². The summed E-state index contributed by atoms with van der Waals surface area (Å²) in [5, 5.41) is 0. The molecule has 0 aliphatic carbocycles. The van der Waals surface area contributed by atoms with Crippen molar-refractivity contribution in [3.8, 4) is 5.75 Å². The number of rotatable bonds is 5. The molecule has 0 bridgehead atoms. The largest absolute Gasteiger partial charge is 0.491 e. The van der Waals surface area contributed by atoms with Crippen molar-refractivity contribution < 1.29 is 9.47 Å². The highest BCUT2D eigenvalue weighted by Gasteiger charge is 2.24. The summed E-state index contributed by atoms with van der Waals surface area (Å²) >= 11 is 0. The van der Waals surface area contributed by atoms with Crippen LogP contribution in [0.2, 0.25) is 0 Å². The fraction of sp³-hybridized carbons (Fsp3) is 0.600. The van der Waals surface area contributed by atoms with Crippen molar-refractivity contribution in [3.63, 3.8) is 0 Å². The average molecular weight is 264 g/mol. The zero-order chi connectivity index (χ0) is 13.7. The smallest absolute Gasteiger partial charge is 0.120 e. The minimum atomic E-state index is 0.166. The fourth-order valence-electron chi connectivity index (χ4n) is 2.61. The molecule has 4 nitrogen and oxygen atoms in total. The van der Waals surface area contributed by atoms with Crippen molar-refractivity contribution >= 4 is 0 Å². The van der Waals surface area contributed by atoms with Crippen LogP contribution in [0.25, 0.3) is 0 Å². The van der Waals surface area contributed by atoms with E-state index in [1.54, 1.807) is 0 Å². The van der Waals surface area contributed by atoms with Gasteiger partial charge in [-0.1, -0.05) is 12.1 Å². The standard InChI is InChI=1S/C15H24N2O2/c1-11(2)19-14-5-3-4-13(10-14)15(17-16)12-6-8-18-9-7-12/h3-5,10-12,15,17H,6-9,16H2,1-2H3. The molecule has 4 heteroatoms. The van der Waals surface area contributed by atoms with E-state index in [0.717, 1.165) is 31.8 Å². The Morgan fingerprint density at radius 1 is 1.32 bits per heavy atom. The maximum Gasteiger partial charge on any atom is 0.120 e. The van der Waals surface area contributed by atoms with Gasteiger partial charge in [-0.15, -0.1) is 0 Å². The van der Waals surface area contributed by atoms with Gasteiger partial charge in [0.1, 0.15) is 5.75 Å². The summed E-state index contributed by atoms with van der Waals surface area (Å²) < 4.78 is 11.2. The number of ether oxygens (including phenoxy) is 2. The molecular weight excluding hydrogens is 240 g/mol. The van der Waals surface area contributed by atoms with Gasteiger partial charge in [0.25, 0.3) is 0 Å². The van der Waals surface area contributed by atoms with Gasteiger partial charge in [0.05, 0.1) is 6.10 Å². The van der Waals surface area contributed by atoms with Crippen LogP contribution in [0.3, 0.4) is 0 Å². The maximum atomic E-state index is 5.76. The molecule has 1 aliphatic heterocycles. The quantitative estimate of drug-likeness (QED) is 0.633. The van der Waals surface area contributed by atoms with E-state index in [2.05, 4.69) is 17.6 Å². The van der Waals surface area contributed by atoms with E-state index in [4.69, 9.17) is 15.3 Å². The molecule has 0 amide bonds. The number of benzene rings is 1. The Balaban J connectivity index is 2.12. The zero-order valence-corrected chi connectivity index (χ0v) is 11.8. The Morgan fingerprint density at radius 2 is 2.05 bits per heavy atom. The third-order valence-corrected chi connectivity index (χ3v) is 3.51. The van der Waals surface area contributed by atoms with Crippen LogP contribution in [0.4, 0.5) is 0 Å². The maximum absolute atomic E-state index is 5.76. The van der Waals surface area contributed by atoms with Crippen LogP contribution < -0.4 is 16.0 Å². The molecule has 1 aromatic rings. The van der Waals surface area contributed by atoms with E-state index in [0.29, 0.717) is 5.92 Å². The van der Waals surface area contributed by atoms with Gasteiger partial charge < -0.3 is 9.47 Å². The summed E-state index contributed by atoms with van der Waals surface area (Å²) in [5.74, 6) is 7.18. The second-order valence-electron chi connectivity index (χ2n) is 5.33. The molecule has 19 heavy (non-hydrogen) atoms. The van der Waals surface area contributed by atoms with E-state index in [9.17, 15) is 0 Å². The lowest BCUT2D eigenvalue weighted by molar-refractivity contribution is 0.0536. The predicted molar refractivity (Wildman–Crippen MR) is 75.8 cm³/mol. The summed E-state index contributed by atoms with van der Waals surface area (Å²) in [7, 11) is 0. The number of hydrogen-bond donors (Lipinski definition) is 2. The van der Waals surface area contributed by atoms with E-state index >= 15 is 0 Å². The van der Waals surface area contributed by atoms with Crippen molar-refractivity contribution in [3.05, 3.63) is 29.8 Å². The normalized spacial score (nSPS) is 18.5. The van der Waals surface area contributed by atoms with Gasteiger partial charge in [-0.3, -0.25) is 11.3 Å². The Hall–Kier alpha value is -1.10. The molecule has 3 N–H and O–H groups in total. The first-order valence-corrected chi connectivity index (χ1v) is 7.01. The highest BCUT2D eigenvalue weighted by atomic mass is 16.5. The van der Waals surface area contributed by atoms with Gasteiger partial charge in [0, 0.05) is 19.3 Å². The second-order valence-corrected chi connectivity index (χ2v) is 5.33. The van der Waals surface area contributed by atoms with Crippen LogP contribution in [-0.2, 0) is 4.74 Å². The van der Waals surface area contributed by atoms with Crippen LogP contribution in [0.5, 0.6) is 5.75 Å². The molecule has 0 saturated carbocycles. The predicted octanol–water partition coefficient (Wildman–Crippen LogP) is 2.40. The summed E-state index contributed by atoms with van der Waals surface area (Å²) in [6.45, 7) is 5.71. The molecule has 1 heterocycles. The molecule has 1 aliphatic rings. The lowest BCUT2D eigenvalue weighted by Gasteiger charge is -2.30. The number of hydrogen-bond acceptors (Lipinski definition) is 4. The Labute approximate surface area is 115 Å². The third-order valence-electron chi connectivity index (χ3n) is 3.51. The van der Waals surface area contributed by atoms with Crippen molar-refractivity contribution in [1.29, 1.82) is 0 Å². The molecule has 1 aromatic carbocycles. The van der Waals surface area contributed by atoms with E-state index in [1.807, 2.05) is 26.0 Å². The minimum Gasteiger partial charge on any atom is -0.491 e. The molecule has 0 aromatic heterocycles. The second kappa shape index (κ2) is 6.89. The summed E-state index contributed by atoms with van der Waals surface area (Å²) in [6.07, 6.45) is 2.27. The molecule has 1 saturated heterocycles. The molecule has 1 fully saturated rings. The van der Waals surface area contributed by atoms with E-state index < -0.39 is 0 Å². The molecule has 106 valence electrons. The first kappa shape index (κ1) is 14.3. The van der Waals surface area contributed by atoms with Crippen molar-refractivity contribution in [2.75, 3.05) is 13.2 Å². The van der Waals surface area contributed by atoms with Gasteiger partial charge in [-0.25, -0.2) is 0 Å². The van der Waals surface area contributed by atoms with Gasteiger partial charge in [0.2, 0.25) is 0 Å². The van der Waals surface area contributed by atoms with Crippen LogP contribution in [-0.4, -0.2) is 19.3 Å². The molecule has 0 radical (unpaired) electrons. The Bertz CT molecular complexity index is 389. The number of nitrogens with one attached hydrogen (secondary N) is 1. The van der Waals surface area contributed by atoms with Crippen LogP contribution in [0.15, 0.2) is 24.3 Å². The Morgan fingerprint density at radius 3 is 2.68 bits per heavy atom. The topological polar surface area (TPSA) is 56.5 Å². The van der Waals surface area contributed by atoms with E-state index in [-0.39, 0.29) is 12.1 Å². The number of hydrazine groups is 1. The lowest BCUT2D eigenvalue weighted by atomic mass is 9.87. The van der Waals surface area contributed by atoms with Crippen LogP contribution in [0.1, 0.15) is 38.3 Å². The molecular formula is C15H24N2O2.